The predicted octanol–water partition coefficient (Wildman–Crippen LogP) is 3.46. The number of esters is 2. The van der Waals surface area contributed by atoms with Crippen LogP contribution in [0.2, 0.25) is 0 Å². The fraction of sp³-hybridized carbons (Fsp3) is 0.444. The normalized spacial score (nSPS) is 16.8. The summed E-state index contributed by atoms with van der Waals surface area (Å²) in [4.78, 5) is 51.4. The van der Waals surface area contributed by atoms with Gasteiger partial charge < -0.3 is 41.9 Å². The smallest absolute Gasteiger partial charge is 0.328 e. The number of methoxy groups -OCH3 is 2. The third kappa shape index (κ3) is 11.1. The van der Waals surface area contributed by atoms with Gasteiger partial charge in [0.25, 0.3) is 0 Å². The van der Waals surface area contributed by atoms with Crippen LogP contribution in [0.15, 0.2) is 48.0 Å². The zero-order chi connectivity index (χ0) is 35.1. The molecule has 0 heterocycles. The molecule has 2 aromatic carbocycles. The Hall–Kier alpha value is -4.36. The average Bonchev–Trinajstić information content (AvgIpc) is 3.09. The standard InChI is InChI=1S/C36H48N4O8/c1-45-32-21-23(13-16-30(32)47-35(43)27(39)10-3-5-18-37)12-15-29(41)26-9-7-8-25(34(26)42)20-24-14-17-31(33(22-24)46-2)48-36(44)28(40)11-4-6-19-38/h12-17,20-22,26-28H,3-11,18-19,37-40H2,1-2H3. The minimum Gasteiger partial charge on any atom is -0.493 e. The lowest BCUT2D eigenvalue weighted by atomic mass is 9.81. The monoisotopic (exact) mass is 664 g/mol. The number of carbonyl (C=O) groups excluding carboxylic acids is 4. The van der Waals surface area contributed by atoms with Crippen molar-refractivity contribution < 1.29 is 38.1 Å². The largest absolute Gasteiger partial charge is 0.493 e. The summed E-state index contributed by atoms with van der Waals surface area (Å²) in [5.41, 5.74) is 24.7. The van der Waals surface area contributed by atoms with Gasteiger partial charge in [-0.3, -0.25) is 9.59 Å². The van der Waals surface area contributed by atoms with Gasteiger partial charge in [-0.15, -0.1) is 0 Å². The number of ether oxygens (including phenoxy) is 4. The maximum Gasteiger partial charge on any atom is 0.328 e. The first-order chi connectivity index (χ1) is 23.1. The summed E-state index contributed by atoms with van der Waals surface area (Å²) >= 11 is 0. The lowest BCUT2D eigenvalue weighted by molar-refractivity contribution is -0.137. The fourth-order valence-corrected chi connectivity index (χ4v) is 5.24. The van der Waals surface area contributed by atoms with E-state index in [4.69, 9.17) is 41.9 Å². The van der Waals surface area contributed by atoms with Crippen LogP contribution in [-0.2, 0) is 19.2 Å². The second kappa shape index (κ2) is 19.5. The Morgan fingerprint density at radius 1 is 0.792 bits per heavy atom. The van der Waals surface area contributed by atoms with Crippen molar-refractivity contribution in [3.8, 4) is 23.0 Å². The number of ketones is 2. The van der Waals surface area contributed by atoms with E-state index in [-0.39, 0.29) is 23.1 Å². The molecule has 3 unspecified atom stereocenters. The van der Waals surface area contributed by atoms with Crippen LogP contribution in [0.1, 0.15) is 68.9 Å². The van der Waals surface area contributed by atoms with Crippen molar-refractivity contribution in [3.63, 3.8) is 0 Å². The van der Waals surface area contributed by atoms with Crippen molar-refractivity contribution in [2.45, 2.75) is 69.9 Å². The van der Waals surface area contributed by atoms with E-state index in [1.54, 1.807) is 48.6 Å². The van der Waals surface area contributed by atoms with E-state index in [9.17, 15) is 19.2 Å². The number of unbranched alkanes of at least 4 members (excludes halogenated alkanes) is 2. The SMILES string of the molecule is COc1cc(C=CC(=O)C2CCCC(=Cc3ccc(OC(=O)C(N)CCCCN)c(OC)c3)C2=O)ccc1OC(=O)C(N)CCCCN. The number of rotatable bonds is 18. The Bertz CT molecular complexity index is 1490. The molecule has 12 nitrogen and oxygen atoms in total. The van der Waals surface area contributed by atoms with Gasteiger partial charge in [0.2, 0.25) is 0 Å². The summed E-state index contributed by atoms with van der Waals surface area (Å²) in [5, 5.41) is 0. The number of Topliss-reactive ketones (excluding diaryl/α,β-unsaturated/α-hetero) is 1. The Labute approximate surface area is 281 Å². The van der Waals surface area contributed by atoms with E-state index in [0.717, 1.165) is 25.7 Å². The van der Waals surface area contributed by atoms with Gasteiger partial charge >= 0.3 is 11.9 Å². The molecule has 0 saturated heterocycles. The Balaban J connectivity index is 1.66. The number of carbonyl (C=O) groups is 4. The van der Waals surface area contributed by atoms with Crippen LogP contribution in [0, 0.1) is 5.92 Å². The first kappa shape index (κ1) is 38.1. The molecule has 0 spiro atoms. The van der Waals surface area contributed by atoms with Crippen LogP contribution in [0.25, 0.3) is 12.2 Å². The van der Waals surface area contributed by atoms with Crippen LogP contribution in [0.3, 0.4) is 0 Å². The maximum absolute atomic E-state index is 13.4. The van der Waals surface area contributed by atoms with Crippen LogP contribution < -0.4 is 41.9 Å². The fourth-order valence-electron chi connectivity index (χ4n) is 5.24. The van der Waals surface area contributed by atoms with Crippen molar-refractivity contribution in [1.29, 1.82) is 0 Å². The molecule has 2 aromatic rings. The molecule has 1 saturated carbocycles. The molecule has 0 amide bonds. The molecule has 0 aromatic heterocycles. The molecule has 12 heteroatoms. The van der Waals surface area contributed by atoms with E-state index in [1.807, 2.05) is 0 Å². The minimum absolute atomic E-state index is 0.210. The Morgan fingerprint density at radius 2 is 1.31 bits per heavy atom. The molecule has 0 radical (unpaired) electrons. The molecule has 8 N–H and O–H groups in total. The first-order valence-electron chi connectivity index (χ1n) is 16.3. The van der Waals surface area contributed by atoms with Crippen LogP contribution in [-0.4, -0.2) is 62.9 Å². The summed E-state index contributed by atoms with van der Waals surface area (Å²) in [6.07, 6.45) is 10.2. The summed E-state index contributed by atoms with van der Waals surface area (Å²) in [5.74, 6) is -1.47. The molecular weight excluding hydrogens is 616 g/mol. The predicted molar refractivity (Wildman–Crippen MR) is 183 cm³/mol. The molecule has 260 valence electrons. The second-order valence-corrected chi connectivity index (χ2v) is 11.7. The Morgan fingerprint density at radius 3 is 1.83 bits per heavy atom. The van der Waals surface area contributed by atoms with E-state index >= 15 is 0 Å². The van der Waals surface area contributed by atoms with Gasteiger partial charge in [-0.25, -0.2) is 9.59 Å². The highest BCUT2D eigenvalue weighted by Crippen LogP contribution is 2.33. The van der Waals surface area contributed by atoms with Gasteiger partial charge in [-0.05, 0) is 111 Å². The summed E-state index contributed by atoms with van der Waals surface area (Å²) in [7, 11) is 2.90. The van der Waals surface area contributed by atoms with Gasteiger partial charge in [0.05, 0.1) is 20.1 Å². The van der Waals surface area contributed by atoms with Crippen molar-refractivity contribution in [2.24, 2.45) is 28.9 Å². The second-order valence-electron chi connectivity index (χ2n) is 11.7. The van der Waals surface area contributed by atoms with Gasteiger partial charge in [-0.2, -0.15) is 0 Å². The third-order valence-electron chi connectivity index (χ3n) is 8.04. The van der Waals surface area contributed by atoms with Gasteiger partial charge in [0.1, 0.15) is 12.1 Å². The minimum atomic E-state index is -0.813. The zero-order valence-electron chi connectivity index (χ0n) is 27.8. The van der Waals surface area contributed by atoms with Gasteiger partial charge in [0.15, 0.2) is 34.6 Å². The molecule has 3 rings (SSSR count). The topological polar surface area (TPSA) is 209 Å². The van der Waals surface area contributed by atoms with Crippen LogP contribution >= 0.6 is 0 Å². The summed E-state index contributed by atoms with van der Waals surface area (Å²) < 4.78 is 21.7. The molecule has 48 heavy (non-hydrogen) atoms. The highest BCUT2D eigenvalue weighted by atomic mass is 16.6. The van der Waals surface area contributed by atoms with Gasteiger partial charge in [-0.1, -0.05) is 31.1 Å². The van der Waals surface area contributed by atoms with Crippen LogP contribution in [0.4, 0.5) is 0 Å². The molecule has 1 fully saturated rings. The molecule has 0 aliphatic heterocycles. The first-order valence-corrected chi connectivity index (χ1v) is 16.3. The third-order valence-corrected chi connectivity index (χ3v) is 8.04. The highest BCUT2D eigenvalue weighted by molar-refractivity contribution is 6.16. The van der Waals surface area contributed by atoms with Crippen molar-refractivity contribution in [1.82, 2.24) is 0 Å². The van der Waals surface area contributed by atoms with Gasteiger partial charge in [0, 0.05) is 0 Å². The molecule has 0 bridgehead atoms. The number of hydrogen-bond acceptors (Lipinski definition) is 12. The number of hydrogen-bond donors (Lipinski definition) is 4. The van der Waals surface area contributed by atoms with Crippen LogP contribution in [0.5, 0.6) is 23.0 Å². The van der Waals surface area contributed by atoms with E-state index in [2.05, 4.69) is 0 Å². The van der Waals surface area contributed by atoms with E-state index in [1.165, 1.54) is 20.3 Å². The lowest BCUT2D eigenvalue weighted by Crippen LogP contribution is -2.34. The van der Waals surface area contributed by atoms with E-state index < -0.39 is 29.9 Å². The van der Waals surface area contributed by atoms with Crippen molar-refractivity contribution in [2.75, 3.05) is 27.3 Å². The lowest BCUT2D eigenvalue weighted by Gasteiger charge is -2.21. The molecular formula is C36H48N4O8. The number of benzene rings is 2. The zero-order valence-corrected chi connectivity index (χ0v) is 27.8. The maximum atomic E-state index is 13.4. The molecule has 3 atom stereocenters. The van der Waals surface area contributed by atoms with Crippen molar-refractivity contribution in [3.05, 3.63) is 59.2 Å². The highest BCUT2D eigenvalue weighted by Gasteiger charge is 2.31. The summed E-state index contributed by atoms with van der Waals surface area (Å²) in [6, 6.07) is 8.28. The molecule has 1 aliphatic rings. The van der Waals surface area contributed by atoms with E-state index in [0.29, 0.717) is 73.4 Å². The summed E-state index contributed by atoms with van der Waals surface area (Å²) in [6.45, 7) is 1.05. The average molecular weight is 665 g/mol. The number of nitrogens with two attached hydrogens (primary N) is 4. The van der Waals surface area contributed by atoms with Crippen molar-refractivity contribution >= 4 is 35.7 Å². The Kier molecular flexibility index (Phi) is 15.4. The number of allylic oxidation sites excluding steroid dienone is 2. The quantitative estimate of drug-likeness (QED) is 0.0594. The molecule has 1 aliphatic carbocycles.